The van der Waals surface area contributed by atoms with Gasteiger partial charge in [0.1, 0.15) is 30.2 Å². The summed E-state index contributed by atoms with van der Waals surface area (Å²) in [5, 5.41) is 34.1. The lowest BCUT2D eigenvalue weighted by molar-refractivity contribution is -0.116. The number of imidazole rings is 1. The van der Waals surface area contributed by atoms with Gasteiger partial charge in [-0.15, -0.1) is 0 Å². The Morgan fingerprint density at radius 2 is 2.00 bits per heavy atom. The number of nitrogens with zero attached hydrogens (tertiary/aromatic N) is 3. The molecule has 0 spiro atoms. The number of hydrogen-bond acceptors (Lipinski definition) is 11. The highest BCUT2D eigenvalue weighted by Gasteiger charge is 2.45. The largest absolute Gasteiger partial charge is 0.504 e. The van der Waals surface area contributed by atoms with Crippen LogP contribution in [0.3, 0.4) is 0 Å². The number of aromatic hydroxyl groups is 1. The van der Waals surface area contributed by atoms with Gasteiger partial charge in [0.15, 0.2) is 23.0 Å². The molecule has 0 radical (unpaired) electrons. The smallest absolute Gasteiger partial charge is 0.469 e. The van der Waals surface area contributed by atoms with E-state index in [0.717, 1.165) is 0 Å². The third kappa shape index (κ3) is 5.34. The Morgan fingerprint density at radius 3 is 2.76 bits per heavy atom. The average Bonchev–Trinajstić information content (AvgIpc) is 3.34. The van der Waals surface area contributed by atoms with Crippen LogP contribution in [-0.2, 0) is 20.4 Å². The highest BCUT2D eigenvalue weighted by Crippen LogP contribution is 2.39. The lowest BCUT2D eigenvalue weighted by Gasteiger charge is -2.19. The molecular formula is C17H19ClN5O9P. The number of aliphatic hydroxyl groups excluding tert-OH is 2. The van der Waals surface area contributed by atoms with Crippen LogP contribution in [0.1, 0.15) is 5.56 Å². The summed E-state index contributed by atoms with van der Waals surface area (Å²) in [5.74, 6) is -0.0339. The molecule has 3 aromatic rings. The number of halogens is 1. The first kappa shape index (κ1) is 23.6. The van der Waals surface area contributed by atoms with Gasteiger partial charge in [0.2, 0.25) is 6.29 Å². The number of phenols is 1. The van der Waals surface area contributed by atoms with E-state index in [1.165, 1.54) is 24.8 Å². The zero-order chi connectivity index (χ0) is 23.8. The molecule has 1 saturated heterocycles. The SMILES string of the molecule is O=P(O)(O)OC[C@H]1OC(Oc2cc(Cl)cc(CNc3ncnc4nc[nH]c34)c2O)[C@H](O)[C@@H]1O. The lowest BCUT2D eigenvalue weighted by atomic mass is 10.1. The Morgan fingerprint density at radius 1 is 1.21 bits per heavy atom. The quantitative estimate of drug-likeness (QED) is 0.206. The van der Waals surface area contributed by atoms with Crippen molar-refractivity contribution in [3.8, 4) is 11.5 Å². The van der Waals surface area contributed by atoms with Gasteiger partial charge in [-0.05, 0) is 6.07 Å². The summed E-state index contributed by atoms with van der Waals surface area (Å²) in [6.07, 6.45) is -3.11. The number of nitrogens with one attached hydrogen (secondary N) is 2. The molecule has 1 aliphatic heterocycles. The number of hydrogen-bond donors (Lipinski definition) is 7. The highest BCUT2D eigenvalue weighted by molar-refractivity contribution is 7.46. The van der Waals surface area contributed by atoms with E-state index in [2.05, 4.69) is 29.8 Å². The topological polar surface area (TPSA) is 212 Å². The van der Waals surface area contributed by atoms with E-state index < -0.39 is 39.0 Å². The van der Waals surface area contributed by atoms with Gasteiger partial charge >= 0.3 is 7.82 Å². The lowest BCUT2D eigenvalue weighted by Crippen LogP contribution is -2.35. The third-order valence-electron chi connectivity index (χ3n) is 4.76. The molecule has 1 aliphatic rings. The number of fused-ring (bicyclic) bond motifs is 1. The van der Waals surface area contributed by atoms with E-state index in [1.807, 2.05) is 0 Å². The standard InChI is InChI=1S/C17H19ClN5O9P/c18-8-1-7(3-19-15-11-16(21-5-20-11)23-6-22-15)12(24)9(2-8)31-17-14(26)13(25)10(32-17)4-30-33(27,28)29/h1-2,5-6,10,13-14,17,24-26H,3-4H2,(H2,27,28,29)(H2,19,20,21,22,23)/t10-,13-,14-,17?/m1/s1. The molecule has 2 aromatic heterocycles. The first-order valence-electron chi connectivity index (χ1n) is 9.40. The summed E-state index contributed by atoms with van der Waals surface area (Å²) in [6, 6.07) is 2.76. The van der Waals surface area contributed by atoms with Crippen molar-refractivity contribution in [2.45, 2.75) is 31.1 Å². The van der Waals surface area contributed by atoms with E-state index in [-0.39, 0.29) is 23.1 Å². The van der Waals surface area contributed by atoms with Gasteiger partial charge in [0.05, 0.1) is 12.9 Å². The van der Waals surface area contributed by atoms with Crippen LogP contribution in [-0.4, -0.2) is 76.3 Å². The monoisotopic (exact) mass is 503 g/mol. The maximum absolute atomic E-state index is 10.9. The second-order valence-corrected chi connectivity index (χ2v) is 8.69. The Balaban J connectivity index is 1.47. The summed E-state index contributed by atoms with van der Waals surface area (Å²) in [6.45, 7) is -0.622. The molecule has 33 heavy (non-hydrogen) atoms. The van der Waals surface area contributed by atoms with Gasteiger partial charge in [-0.1, -0.05) is 11.6 Å². The number of benzene rings is 1. The van der Waals surface area contributed by atoms with Crippen molar-refractivity contribution in [1.29, 1.82) is 0 Å². The molecule has 0 aliphatic carbocycles. The molecule has 0 amide bonds. The second-order valence-electron chi connectivity index (χ2n) is 7.02. The maximum atomic E-state index is 10.9. The molecule has 4 atom stereocenters. The first-order valence-corrected chi connectivity index (χ1v) is 11.3. The van der Waals surface area contributed by atoms with Crippen molar-refractivity contribution < 1.29 is 43.7 Å². The number of aromatic amines is 1. The number of rotatable bonds is 8. The number of phosphoric acid groups is 1. The molecule has 0 bridgehead atoms. The van der Waals surface area contributed by atoms with E-state index in [1.54, 1.807) is 0 Å². The number of phosphoric ester groups is 1. The first-order chi connectivity index (χ1) is 15.6. The Bertz CT molecular complexity index is 1190. The second kappa shape index (κ2) is 9.37. The van der Waals surface area contributed by atoms with Crippen LogP contribution in [0.2, 0.25) is 5.02 Å². The van der Waals surface area contributed by atoms with Crippen LogP contribution >= 0.6 is 19.4 Å². The minimum atomic E-state index is -4.81. The van der Waals surface area contributed by atoms with Crippen LogP contribution in [0.25, 0.3) is 11.2 Å². The molecule has 178 valence electrons. The van der Waals surface area contributed by atoms with Crippen molar-refractivity contribution in [2.24, 2.45) is 0 Å². The number of ether oxygens (including phenoxy) is 2. The predicted octanol–water partition coefficient (Wildman–Crippen LogP) is 0.259. The van der Waals surface area contributed by atoms with Crippen molar-refractivity contribution in [2.75, 3.05) is 11.9 Å². The number of phenolic OH excluding ortho intramolecular Hbond substituents is 1. The molecule has 1 fully saturated rings. The van der Waals surface area contributed by atoms with E-state index in [9.17, 15) is 19.9 Å². The Labute approximate surface area is 190 Å². The fourth-order valence-corrected chi connectivity index (χ4v) is 3.75. The molecule has 1 aromatic carbocycles. The number of aromatic nitrogens is 4. The average molecular weight is 504 g/mol. The van der Waals surface area contributed by atoms with Crippen molar-refractivity contribution in [3.05, 3.63) is 35.4 Å². The molecular weight excluding hydrogens is 485 g/mol. The summed E-state index contributed by atoms with van der Waals surface area (Å²) in [4.78, 5) is 32.7. The number of anilines is 1. The third-order valence-corrected chi connectivity index (χ3v) is 5.46. The van der Waals surface area contributed by atoms with E-state index >= 15 is 0 Å². The molecule has 14 nitrogen and oxygen atoms in total. The molecule has 1 unspecified atom stereocenters. The van der Waals surface area contributed by atoms with Crippen molar-refractivity contribution in [3.63, 3.8) is 0 Å². The number of H-pyrrole nitrogens is 1. The summed E-state index contributed by atoms with van der Waals surface area (Å²) >= 11 is 6.14. The van der Waals surface area contributed by atoms with E-state index in [0.29, 0.717) is 22.5 Å². The van der Waals surface area contributed by atoms with E-state index in [4.69, 9.17) is 30.9 Å². The minimum absolute atomic E-state index is 0.0728. The van der Waals surface area contributed by atoms with Crippen LogP contribution in [0, 0.1) is 0 Å². The molecule has 4 rings (SSSR count). The van der Waals surface area contributed by atoms with Gasteiger partial charge < -0.3 is 44.9 Å². The molecule has 16 heteroatoms. The zero-order valence-corrected chi connectivity index (χ0v) is 18.2. The summed E-state index contributed by atoms with van der Waals surface area (Å²) < 4.78 is 26.0. The van der Waals surface area contributed by atoms with Crippen LogP contribution in [0.5, 0.6) is 11.5 Å². The highest BCUT2D eigenvalue weighted by atomic mass is 35.5. The molecule has 7 N–H and O–H groups in total. The van der Waals surface area contributed by atoms with Gasteiger partial charge in [-0.3, -0.25) is 4.52 Å². The van der Waals surface area contributed by atoms with Gasteiger partial charge in [-0.2, -0.15) is 0 Å². The molecule has 0 saturated carbocycles. The maximum Gasteiger partial charge on any atom is 0.469 e. The zero-order valence-electron chi connectivity index (χ0n) is 16.6. The molecule has 3 heterocycles. The fourth-order valence-electron chi connectivity index (χ4n) is 3.18. The van der Waals surface area contributed by atoms with Crippen molar-refractivity contribution >= 4 is 36.4 Å². The van der Waals surface area contributed by atoms with Gasteiger partial charge in [-0.25, -0.2) is 19.5 Å². The van der Waals surface area contributed by atoms with Gasteiger partial charge in [0, 0.05) is 23.2 Å². The predicted molar refractivity (Wildman–Crippen MR) is 111 cm³/mol. The number of aliphatic hydroxyl groups is 2. The van der Waals surface area contributed by atoms with Crippen LogP contribution in [0.15, 0.2) is 24.8 Å². The minimum Gasteiger partial charge on any atom is -0.504 e. The summed E-state index contributed by atoms with van der Waals surface area (Å²) in [7, 11) is -4.81. The fraction of sp³-hybridized carbons (Fsp3) is 0.353. The summed E-state index contributed by atoms with van der Waals surface area (Å²) in [5.41, 5.74) is 1.34. The normalized spacial score (nSPS) is 23.2. The Hall–Kier alpha value is -2.55. The van der Waals surface area contributed by atoms with Gasteiger partial charge in [0.25, 0.3) is 0 Å². The van der Waals surface area contributed by atoms with Crippen LogP contribution < -0.4 is 10.1 Å². The van der Waals surface area contributed by atoms with Crippen molar-refractivity contribution in [1.82, 2.24) is 19.9 Å². The van der Waals surface area contributed by atoms with Crippen LogP contribution in [0.4, 0.5) is 5.82 Å². The Kier molecular flexibility index (Phi) is 6.70.